The summed E-state index contributed by atoms with van der Waals surface area (Å²) in [6.45, 7) is 10.6. The van der Waals surface area contributed by atoms with E-state index in [1.165, 1.54) is 31.2 Å². The lowest BCUT2D eigenvalue weighted by molar-refractivity contribution is 0.0540. The highest BCUT2D eigenvalue weighted by Gasteiger charge is 2.29. The van der Waals surface area contributed by atoms with Gasteiger partial charge in [0.15, 0.2) is 0 Å². The minimum atomic E-state index is 0.0395. The van der Waals surface area contributed by atoms with Crippen molar-refractivity contribution < 1.29 is 9.53 Å². The minimum absolute atomic E-state index is 0.0395. The average Bonchev–Trinajstić information content (AvgIpc) is 2.99. The van der Waals surface area contributed by atoms with Gasteiger partial charge in [-0.05, 0) is 85.0 Å². The molecule has 0 unspecified atom stereocenters. The molecule has 0 spiro atoms. The summed E-state index contributed by atoms with van der Waals surface area (Å²) < 4.78 is 5.40. The second-order valence-corrected chi connectivity index (χ2v) is 11.6. The van der Waals surface area contributed by atoms with E-state index in [0.717, 1.165) is 61.3 Å². The van der Waals surface area contributed by atoms with Crippen molar-refractivity contribution in [1.82, 2.24) is 14.8 Å². The predicted molar refractivity (Wildman–Crippen MR) is 165 cm³/mol. The minimum Gasteiger partial charge on any atom is -0.497 e. The summed E-state index contributed by atoms with van der Waals surface area (Å²) in [5.74, 6) is 1.60. The molecule has 1 aliphatic heterocycles. The fourth-order valence-electron chi connectivity index (χ4n) is 5.49. The number of pyridine rings is 1. The first-order chi connectivity index (χ1) is 19.5. The molecule has 2 heterocycles. The maximum atomic E-state index is 13.9. The van der Waals surface area contributed by atoms with Gasteiger partial charge < -0.3 is 14.5 Å². The van der Waals surface area contributed by atoms with E-state index >= 15 is 0 Å². The van der Waals surface area contributed by atoms with Crippen molar-refractivity contribution in [2.45, 2.75) is 78.3 Å². The molecule has 5 heteroatoms. The molecule has 0 radical (unpaired) electrons. The Bertz CT molecular complexity index is 1180. The molecule has 4 rings (SSSR count). The lowest BCUT2D eigenvalue weighted by Crippen LogP contribution is -2.47. The van der Waals surface area contributed by atoms with Crippen molar-refractivity contribution >= 4 is 5.91 Å². The zero-order chi connectivity index (χ0) is 28.3. The Labute approximate surface area is 241 Å². The molecule has 214 valence electrons. The number of likely N-dealkylation sites (tertiary alicyclic amines) is 1. The van der Waals surface area contributed by atoms with E-state index in [4.69, 9.17) is 4.74 Å². The molecule has 40 heavy (non-hydrogen) atoms. The molecule has 3 aromatic rings. The van der Waals surface area contributed by atoms with Gasteiger partial charge in [-0.25, -0.2) is 0 Å². The number of piperidine rings is 1. The number of ether oxygens (including phenoxy) is 1. The van der Waals surface area contributed by atoms with Gasteiger partial charge in [0.05, 0.1) is 7.11 Å². The topological polar surface area (TPSA) is 45.7 Å². The number of benzene rings is 2. The molecule has 0 saturated carbocycles. The van der Waals surface area contributed by atoms with E-state index < -0.39 is 0 Å². The number of methoxy groups -OCH3 is 1. The first-order valence-electron chi connectivity index (χ1n) is 15.2. The molecule has 1 aromatic heterocycles. The maximum Gasteiger partial charge on any atom is 0.272 e. The van der Waals surface area contributed by atoms with Gasteiger partial charge in [-0.3, -0.25) is 9.78 Å². The lowest BCUT2D eigenvalue weighted by Gasteiger charge is -2.38. The van der Waals surface area contributed by atoms with Crippen LogP contribution in [0.3, 0.4) is 0 Å². The van der Waals surface area contributed by atoms with Crippen LogP contribution < -0.4 is 4.74 Å². The number of amides is 1. The smallest absolute Gasteiger partial charge is 0.272 e. The van der Waals surface area contributed by atoms with Gasteiger partial charge in [0.2, 0.25) is 0 Å². The van der Waals surface area contributed by atoms with Crippen LogP contribution in [-0.2, 0) is 13.0 Å². The van der Waals surface area contributed by atoms with Crippen LogP contribution in [0.25, 0.3) is 11.1 Å². The number of unbranched alkanes of at least 4 members (excludes halogenated alkanes) is 2. The van der Waals surface area contributed by atoms with Gasteiger partial charge in [0, 0.05) is 31.9 Å². The monoisotopic (exact) mass is 541 g/mol. The molecule has 0 atom stereocenters. The van der Waals surface area contributed by atoms with Crippen molar-refractivity contribution in [3.8, 4) is 16.9 Å². The summed E-state index contributed by atoms with van der Waals surface area (Å²) in [5, 5.41) is 0. The van der Waals surface area contributed by atoms with Crippen LogP contribution in [0.1, 0.15) is 80.9 Å². The molecule has 0 bridgehead atoms. The lowest BCUT2D eigenvalue weighted by atomic mass is 9.99. The second kappa shape index (κ2) is 15.0. The van der Waals surface area contributed by atoms with Crippen LogP contribution in [-0.4, -0.2) is 53.5 Å². The Morgan fingerprint density at radius 1 is 1.00 bits per heavy atom. The molecule has 0 N–H and O–H groups in total. The number of hydrogen-bond acceptors (Lipinski definition) is 4. The molecule has 2 aromatic carbocycles. The largest absolute Gasteiger partial charge is 0.497 e. The van der Waals surface area contributed by atoms with E-state index in [1.54, 1.807) is 7.11 Å². The zero-order valence-electron chi connectivity index (χ0n) is 24.9. The Morgan fingerprint density at radius 2 is 1.75 bits per heavy atom. The van der Waals surface area contributed by atoms with Crippen LogP contribution in [0.4, 0.5) is 0 Å². The van der Waals surface area contributed by atoms with Gasteiger partial charge in [-0.1, -0.05) is 76.1 Å². The van der Waals surface area contributed by atoms with E-state index in [0.29, 0.717) is 18.2 Å². The summed E-state index contributed by atoms with van der Waals surface area (Å²) in [5.41, 5.74) is 5.16. The third-order valence-electron chi connectivity index (χ3n) is 8.10. The van der Waals surface area contributed by atoms with E-state index in [2.05, 4.69) is 78.0 Å². The first-order valence-corrected chi connectivity index (χ1v) is 15.2. The third kappa shape index (κ3) is 8.41. The summed E-state index contributed by atoms with van der Waals surface area (Å²) in [6.07, 6.45) is 9.74. The van der Waals surface area contributed by atoms with Gasteiger partial charge in [-0.15, -0.1) is 0 Å². The Balaban J connectivity index is 1.49. The number of carbonyl (C=O) groups is 1. The Morgan fingerprint density at radius 3 is 2.40 bits per heavy atom. The highest BCUT2D eigenvalue weighted by Crippen LogP contribution is 2.26. The maximum absolute atomic E-state index is 13.9. The van der Waals surface area contributed by atoms with Gasteiger partial charge in [0.1, 0.15) is 11.4 Å². The highest BCUT2D eigenvalue weighted by atomic mass is 16.5. The Kier molecular flexibility index (Phi) is 11.2. The molecule has 1 aliphatic rings. The third-order valence-corrected chi connectivity index (χ3v) is 8.10. The van der Waals surface area contributed by atoms with Crippen LogP contribution in [0.15, 0.2) is 66.9 Å². The average molecular weight is 542 g/mol. The normalized spacial score (nSPS) is 14.4. The van der Waals surface area contributed by atoms with E-state index in [9.17, 15) is 4.79 Å². The van der Waals surface area contributed by atoms with Gasteiger partial charge in [0.25, 0.3) is 5.91 Å². The number of hydrogen-bond donors (Lipinski definition) is 0. The fourth-order valence-corrected chi connectivity index (χ4v) is 5.49. The van der Waals surface area contributed by atoms with Gasteiger partial charge in [-0.2, -0.15) is 0 Å². The molecule has 1 saturated heterocycles. The van der Waals surface area contributed by atoms with Gasteiger partial charge >= 0.3 is 0 Å². The summed E-state index contributed by atoms with van der Waals surface area (Å²) in [7, 11) is 1.69. The molecular formula is C35H47N3O2. The van der Waals surface area contributed by atoms with Crippen LogP contribution in [0.2, 0.25) is 0 Å². The van der Waals surface area contributed by atoms with Crippen LogP contribution >= 0.6 is 0 Å². The van der Waals surface area contributed by atoms with E-state index in [1.807, 2.05) is 24.4 Å². The van der Waals surface area contributed by atoms with Crippen LogP contribution in [0, 0.1) is 5.92 Å². The molecule has 0 aliphatic carbocycles. The molecule has 5 nitrogen and oxygen atoms in total. The standard InChI is InChI=1S/C35H47N3O2/c1-5-6-7-9-28-14-17-34(36-25-28)35(39)38(32-19-22-37(23-20-32)21-18-27(2)3)26-29-12-15-30(16-13-29)31-10-8-11-33(24-31)40-4/h8,10-17,24-25,27,32H,5-7,9,18-23,26H2,1-4H3. The Hall–Kier alpha value is -3.18. The quantitative estimate of drug-likeness (QED) is 0.209. The van der Waals surface area contributed by atoms with Crippen molar-refractivity contribution in [2.24, 2.45) is 5.92 Å². The molecular weight excluding hydrogens is 494 g/mol. The first kappa shape index (κ1) is 29.8. The van der Waals surface area contributed by atoms with Crippen molar-refractivity contribution in [2.75, 3.05) is 26.7 Å². The highest BCUT2D eigenvalue weighted by molar-refractivity contribution is 5.92. The number of rotatable bonds is 13. The summed E-state index contributed by atoms with van der Waals surface area (Å²) >= 11 is 0. The van der Waals surface area contributed by atoms with Crippen molar-refractivity contribution in [3.05, 3.63) is 83.7 Å². The van der Waals surface area contributed by atoms with Crippen molar-refractivity contribution in [1.29, 1.82) is 0 Å². The van der Waals surface area contributed by atoms with Crippen LogP contribution in [0.5, 0.6) is 5.75 Å². The fraction of sp³-hybridized carbons (Fsp3) is 0.486. The summed E-state index contributed by atoms with van der Waals surface area (Å²) in [4.78, 5) is 23.2. The van der Waals surface area contributed by atoms with E-state index in [-0.39, 0.29) is 11.9 Å². The number of nitrogens with zero attached hydrogens (tertiary/aromatic N) is 3. The SMILES string of the molecule is CCCCCc1ccc(C(=O)N(Cc2ccc(-c3cccc(OC)c3)cc2)C2CCN(CCC(C)C)CC2)nc1. The second-order valence-electron chi connectivity index (χ2n) is 11.6. The molecule has 1 fully saturated rings. The number of carbonyl (C=O) groups excluding carboxylic acids is 1. The zero-order valence-corrected chi connectivity index (χ0v) is 24.9. The number of aryl methyl sites for hydroxylation is 1. The molecule has 1 amide bonds. The number of aromatic nitrogens is 1. The van der Waals surface area contributed by atoms with Crippen molar-refractivity contribution in [3.63, 3.8) is 0 Å². The predicted octanol–water partition coefficient (Wildman–Crippen LogP) is 7.64. The summed E-state index contributed by atoms with van der Waals surface area (Å²) in [6, 6.07) is 20.9.